The molecular weight excluding hydrogens is 320 g/mol. The van der Waals surface area contributed by atoms with Gasteiger partial charge in [0.15, 0.2) is 0 Å². The fourth-order valence-corrected chi connectivity index (χ4v) is 3.98. The Kier molecular flexibility index (Phi) is 5.73. The first-order chi connectivity index (χ1) is 12.0. The van der Waals surface area contributed by atoms with Crippen LogP contribution >= 0.6 is 0 Å². The van der Waals surface area contributed by atoms with Crippen LogP contribution in [0, 0.1) is 6.92 Å². The number of aryl methyl sites for hydroxylation is 1. The van der Waals surface area contributed by atoms with Crippen molar-refractivity contribution in [3.8, 4) is 0 Å². The number of hydrogen-bond acceptors (Lipinski definition) is 4. The molecule has 2 fully saturated rings. The third kappa shape index (κ3) is 4.39. The average molecular weight is 348 g/mol. The molecule has 2 aliphatic rings. The van der Waals surface area contributed by atoms with Gasteiger partial charge in [0.05, 0.1) is 6.20 Å². The minimum absolute atomic E-state index is 0.0725. The predicted octanol–water partition coefficient (Wildman–Crippen LogP) is 1.21. The first-order valence-corrected chi connectivity index (χ1v) is 9.18. The molecule has 138 valence electrons. The first-order valence-electron chi connectivity index (χ1n) is 9.18. The molecule has 0 aliphatic carbocycles. The highest BCUT2D eigenvalue weighted by Gasteiger charge is 2.34. The van der Waals surface area contributed by atoms with Crippen LogP contribution in [0.25, 0.3) is 0 Å². The summed E-state index contributed by atoms with van der Waals surface area (Å²) in [5.74, 6) is 0.178. The second-order valence-corrected chi connectivity index (χ2v) is 7.12. The van der Waals surface area contributed by atoms with Gasteiger partial charge in [0.25, 0.3) is 0 Å². The Labute approximate surface area is 148 Å². The van der Waals surface area contributed by atoms with E-state index < -0.39 is 0 Å². The largest absolute Gasteiger partial charge is 0.381 e. The van der Waals surface area contributed by atoms with E-state index in [0.717, 1.165) is 37.8 Å². The molecule has 3 rings (SSSR count). The lowest BCUT2D eigenvalue weighted by atomic mass is 9.98. The summed E-state index contributed by atoms with van der Waals surface area (Å²) >= 11 is 0. The van der Waals surface area contributed by atoms with Crippen LogP contribution in [0.5, 0.6) is 0 Å². The number of hydrogen-bond donors (Lipinski definition) is 0. The molecule has 1 unspecified atom stereocenters. The van der Waals surface area contributed by atoms with Crippen molar-refractivity contribution in [3.05, 3.63) is 18.0 Å². The lowest BCUT2D eigenvalue weighted by Crippen LogP contribution is -2.55. The minimum atomic E-state index is 0.0725. The molecule has 2 aliphatic heterocycles. The maximum absolute atomic E-state index is 12.6. The zero-order valence-electron chi connectivity index (χ0n) is 15.2. The molecule has 0 aromatic carbocycles. The Hall–Kier alpha value is -1.89. The number of ether oxygens (including phenoxy) is 1. The van der Waals surface area contributed by atoms with Gasteiger partial charge in [-0.15, -0.1) is 0 Å². The average Bonchev–Trinajstić information content (AvgIpc) is 3.01. The van der Waals surface area contributed by atoms with Crippen molar-refractivity contribution >= 4 is 11.8 Å². The van der Waals surface area contributed by atoms with Crippen LogP contribution in [0.1, 0.15) is 38.2 Å². The fraction of sp³-hybridized carbons (Fsp3) is 0.722. The Morgan fingerprint density at radius 3 is 2.68 bits per heavy atom. The number of rotatable bonds is 4. The summed E-state index contributed by atoms with van der Waals surface area (Å²) in [6.07, 6.45) is 7.30. The van der Waals surface area contributed by atoms with Gasteiger partial charge < -0.3 is 14.5 Å². The van der Waals surface area contributed by atoms with Gasteiger partial charge in [-0.3, -0.25) is 14.3 Å². The first kappa shape index (κ1) is 17.9. The van der Waals surface area contributed by atoms with Crippen LogP contribution in [0.15, 0.2) is 12.4 Å². The number of carbonyl (C=O) groups is 2. The molecule has 7 nitrogen and oxygen atoms in total. The summed E-state index contributed by atoms with van der Waals surface area (Å²) in [4.78, 5) is 28.8. The van der Waals surface area contributed by atoms with E-state index in [1.165, 1.54) is 0 Å². The van der Waals surface area contributed by atoms with E-state index in [1.807, 2.05) is 22.9 Å². The fourth-order valence-electron chi connectivity index (χ4n) is 3.98. The molecule has 2 saturated heterocycles. The van der Waals surface area contributed by atoms with E-state index in [4.69, 9.17) is 4.74 Å². The summed E-state index contributed by atoms with van der Waals surface area (Å²) in [6, 6.07) is 0.345. The standard InChI is InChI=1S/C18H28N4O3/c1-14-10-19-21(11-14)13-18(24)20-7-3-4-17(12-20)22(15(2)23)16-5-8-25-9-6-16/h10-11,16-17H,3-9,12-13H2,1-2H3. The molecule has 25 heavy (non-hydrogen) atoms. The Morgan fingerprint density at radius 1 is 1.28 bits per heavy atom. The van der Waals surface area contributed by atoms with Crippen LogP contribution in [0.2, 0.25) is 0 Å². The molecular formula is C18H28N4O3. The molecule has 1 aromatic heterocycles. The maximum atomic E-state index is 12.6. The van der Waals surface area contributed by atoms with Gasteiger partial charge in [0.2, 0.25) is 11.8 Å². The predicted molar refractivity (Wildman–Crippen MR) is 92.9 cm³/mol. The molecule has 0 N–H and O–H groups in total. The van der Waals surface area contributed by atoms with Crippen molar-refractivity contribution in [1.29, 1.82) is 0 Å². The Balaban J connectivity index is 1.64. The molecule has 0 radical (unpaired) electrons. The van der Waals surface area contributed by atoms with Crippen molar-refractivity contribution in [3.63, 3.8) is 0 Å². The molecule has 1 atom stereocenters. The second-order valence-electron chi connectivity index (χ2n) is 7.12. The SMILES string of the molecule is CC(=O)N(C1CCOCC1)C1CCCN(C(=O)Cn2cc(C)cn2)C1. The molecule has 0 bridgehead atoms. The molecule has 3 heterocycles. The van der Waals surface area contributed by atoms with Crippen molar-refractivity contribution in [2.75, 3.05) is 26.3 Å². The van der Waals surface area contributed by atoms with Crippen LogP contribution in [-0.2, 0) is 20.9 Å². The number of carbonyl (C=O) groups excluding carboxylic acids is 2. The highest BCUT2D eigenvalue weighted by molar-refractivity contribution is 5.77. The smallest absolute Gasteiger partial charge is 0.244 e. The van der Waals surface area contributed by atoms with Crippen molar-refractivity contribution < 1.29 is 14.3 Å². The van der Waals surface area contributed by atoms with E-state index in [2.05, 4.69) is 5.10 Å². The van der Waals surface area contributed by atoms with Gasteiger partial charge in [-0.1, -0.05) is 0 Å². The highest BCUT2D eigenvalue weighted by Crippen LogP contribution is 2.23. The number of aromatic nitrogens is 2. The van der Waals surface area contributed by atoms with Crippen LogP contribution in [0.4, 0.5) is 0 Å². The van der Waals surface area contributed by atoms with Gasteiger partial charge in [-0.25, -0.2) is 0 Å². The van der Waals surface area contributed by atoms with Gasteiger partial charge in [0.1, 0.15) is 6.54 Å². The van der Waals surface area contributed by atoms with Crippen LogP contribution in [0.3, 0.4) is 0 Å². The van der Waals surface area contributed by atoms with Gasteiger partial charge >= 0.3 is 0 Å². The summed E-state index contributed by atoms with van der Waals surface area (Å²) < 4.78 is 7.12. The summed E-state index contributed by atoms with van der Waals surface area (Å²) in [5, 5.41) is 4.20. The number of piperidine rings is 1. The van der Waals surface area contributed by atoms with E-state index >= 15 is 0 Å². The maximum Gasteiger partial charge on any atom is 0.244 e. The molecule has 0 saturated carbocycles. The van der Waals surface area contributed by atoms with E-state index in [1.54, 1.807) is 17.8 Å². The van der Waals surface area contributed by atoms with E-state index in [0.29, 0.717) is 19.8 Å². The molecule has 2 amide bonds. The van der Waals surface area contributed by atoms with Crippen LogP contribution < -0.4 is 0 Å². The lowest BCUT2D eigenvalue weighted by Gasteiger charge is -2.43. The van der Waals surface area contributed by atoms with E-state index in [-0.39, 0.29) is 30.4 Å². The van der Waals surface area contributed by atoms with Crippen molar-refractivity contribution in [1.82, 2.24) is 19.6 Å². The minimum Gasteiger partial charge on any atom is -0.381 e. The topological polar surface area (TPSA) is 67.7 Å². The van der Waals surface area contributed by atoms with Crippen molar-refractivity contribution in [2.45, 2.75) is 58.2 Å². The third-order valence-corrected chi connectivity index (χ3v) is 5.15. The zero-order valence-corrected chi connectivity index (χ0v) is 15.2. The number of amides is 2. The van der Waals surface area contributed by atoms with Gasteiger partial charge in [-0.2, -0.15) is 5.10 Å². The second kappa shape index (κ2) is 7.99. The summed E-state index contributed by atoms with van der Waals surface area (Å²) in [7, 11) is 0. The quantitative estimate of drug-likeness (QED) is 0.820. The third-order valence-electron chi connectivity index (χ3n) is 5.15. The number of nitrogens with zero attached hydrogens (tertiary/aromatic N) is 4. The monoisotopic (exact) mass is 348 g/mol. The van der Waals surface area contributed by atoms with Gasteiger partial charge in [0, 0.05) is 51.5 Å². The molecule has 0 spiro atoms. The molecule has 1 aromatic rings. The highest BCUT2D eigenvalue weighted by atomic mass is 16.5. The van der Waals surface area contributed by atoms with Gasteiger partial charge in [-0.05, 0) is 38.2 Å². The van der Waals surface area contributed by atoms with E-state index in [9.17, 15) is 9.59 Å². The summed E-state index contributed by atoms with van der Waals surface area (Å²) in [5.41, 5.74) is 1.05. The normalized spacial score (nSPS) is 22.0. The molecule has 7 heteroatoms. The number of likely N-dealkylation sites (tertiary alicyclic amines) is 1. The zero-order chi connectivity index (χ0) is 17.8. The Morgan fingerprint density at radius 2 is 2.04 bits per heavy atom. The lowest BCUT2D eigenvalue weighted by molar-refractivity contribution is -0.142. The van der Waals surface area contributed by atoms with Crippen LogP contribution in [-0.4, -0.2) is 69.8 Å². The Bertz CT molecular complexity index is 609. The van der Waals surface area contributed by atoms with Crippen molar-refractivity contribution in [2.24, 2.45) is 0 Å². The summed E-state index contributed by atoms with van der Waals surface area (Å²) in [6.45, 7) is 6.67.